The summed E-state index contributed by atoms with van der Waals surface area (Å²) in [6, 6.07) is 8.08. The van der Waals surface area contributed by atoms with Crippen LogP contribution in [0.15, 0.2) is 24.3 Å². The third-order valence-corrected chi connectivity index (χ3v) is 3.55. The lowest BCUT2D eigenvalue weighted by Crippen LogP contribution is -2.54. The van der Waals surface area contributed by atoms with Crippen molar-refractivity contribution in [2.45, 2.75) is 38.8 Å². The predicted molar refractivity (Wildman–Crippen MR) is 84.8 cm³/mol. The first-order valence-electron chi connectivity index (χ1n) is 7.29. The van der Waals surface area contributed by atoms with Crippen LogP contribution in [-0.2, 0) is 11.2 Å². The summed E-state index contributed by atoms with van der Waals surface area (Å²) in [5, 5.41) is 4.19. The summed E-state index contributed by atoms with van der Waals surface area (Å²) in [5.74, 6) is 0. The van der Waals surface area contributed by atoms with Gasteiger partial charge in [-0.2, -0.15) is 0 Å². The van der Waals surface area contributed by atoms with Gasteiger partial charge in [-0.15, -0.1) is 0 Å². The normalized spacial score (nSPS) is 19.4. The van der Waals surface area contributed by atoms with Crippen LogP contribution in [0.4, 0.5) is 4.79 Å². The Morgan fingerprint density at radius 1 is 1.38 bits per heavy atom. The number of carbonyl (C=O) groups excluding carboxylic acids is 1. The number of carbonyl (C=O) groups is 1. The summed E-state index contributed by atoms with van der Waals surface area (Å²) in [4.78, 5) is 13.9. The van der Waals surface area contributed by atoms with Gasteiger partial charge in [-0.1, -0.05) is 23.7 Å². The van der Waals surface area contributed by atoms with Gasteiger partial charge in [0.2, 0.25) is 0 Å². The Morgan fingerprint density at radius 3 is 2.67 bits per heavy atom. The minimum Gasteiger partial charge on any atom is -0.444 e. The van der Waals surface area contributed by atoms with E-state index in [2.05, 4.69) is 5.32 Å². The number of benzene rings is 1. The second kappa shape index (κ2) is 6.67. The van der Waals surface area contributed by atoms with E-state index >= 15 is 0 Å². The van der Waals surface area contributed by atoms with Crippen molar-refractivity contribution >= 4 is 17.7 Å². The van der Waals surface area contributed by atoms with Crippen LogP contribution in [0, 0.1) is 0 Å². The minimum atomic E-state index is -0.451. The van der Waals surface area contributed by atoms with Gasteiger partial charge in [0.05, 0.1) is 0 Å². The van der Waals surface area contributed by atoms with Gasteiger partial charge in [-0.25, -0.2) is 4.79 Å². The number of piperazine rings is 1. The molecule has 1 amide bonds. The Labute approximate surface area is 131 Å². The zero-order valence-electron chi connectivity index (χ0n) is 12.9. The topological polar surface area (TPSA) is 41.6 Å². The van der Waals surface area contributed by atoms with E-state index in [1.807, 2.05) is 45.0 Å². The molecule has 1 atom stereocenters. The van der Waals surface area contributed by atoms with E-state index in [-0.39, 0.29) is 12.1 Å². The molecule has 5 heteroatoms. The fraction of sp³-hybridized carbons (Fsp3) is 0.562. The van der Waals surface area contributed by atoms with Crippen LogP contribution < -0.4 is 5.32 Å². The van der Waals surface area contributed by atoms with Crippen LogP contribution in [0.25, 0.3) is 0 Å². The fourth-order valence-electron chi connectivity index (χ4n) is 2.36. The fourth-order valence-corrected chi connectivity index (χ4v) is 2.49. The Hall–Kier alpha value is -1.26. The van der Waals surface area contributed by atoms with Crippen LogP contribution in [0.1, 0.15) is 26.3 Å². The molecule has 2 rings (SSSR count). The molecule has 116 valence electrons. The number of halogens is 1. The van der Waals surface area contributed by atoms with Crippen LogP contribution in [0.5, 0.6) is 0 Å². The molecule has 0 radical (unpaired) electrons. The van der Waals surface area contributed by atoms with Crippen molar-refractivity contribution in [3.63, 3.8) is 0 Å². The number of nitrogens with one attached hydrogen (secondary N) is 1. The van der Waals surface area contributed by atoms with Gasteiger partial charge < -0.3 is 15.0 Å². The molecule has 1 aromatic rings. The molecule has 1 aliphatic rings. The highest BCUT2D eigenvalue weighted by Gasteiger charge is 2.27. The van der Waals surface area contributed by atoms with Crippen molar-refractivity contribution in [2.75, 3.05) is 19.6 Å². The third kappa shape index (κ3) is 5.21. The van der Waals surface area contributed by atoms with Crippen LogP contribution in [-0.4, -0.2) is 42.3 Å². The Morgan fingerprint density at radius 2 is 2.05 bits per heavy atom. The summed E-state index contributed by atoms with van der Waals surface area (Å²) in [5.41, 5.74) is 0.760. The lowest BCUT2D eigenvalue weighted by Gasteiger charge is -2.35. The first kappa shape index (κ1) is 16.1. The number of hydrogen-bond donors (Lipinski definition) is 1. The van der Waals surface area contributed by atoms with Crippen molar-refractivity contribution in [2.24, 2.45) is 0 Å². The molecule has 0 unspecified atom stereocenters. The van der Waals surface area contributed by atoms with Gasteiger partial charge in [-0.05, 0) is 44.9 Å². The number of amides is 1. The van der Waals surface area contributed by atoms with Gasteiger partial charge >= 0.3 is 6.09 Å². The smallest absolute Gasteiger partial charge is 0.410 e. The lowest BCUT2D eigenvalue weighted by atomic mass is 10.0. The molecule has 1 fully saturated rings. The molecule has 0 aromatic heterocycles. The van der Waals surface area contributed by atoms with E-state index in [9.17, 15) is 4.79 Å². The molecule has 21 heavy (non-hydrogen) atoms. The van der Waals surface area contributed by atoms with Crippen molar-refractivity contribution < 1.29 is 9.53 Å². The van der Waals surface area contributed by atoms with E-state index < -0.39 is 5.60 Å². The molecule has 0 saturated carbocycles. The number of rotatable bonds is 2. The van der Waals surface area contributed by atoms with Crippen molar-refractivity contribution in [3.8, 4) is 0 Å². The van der Waals surface area contributed by atoms with E-state index in [1.54, 1.807) is 4.90 Å². The van der Waals surface area contributed by atoms with Crippen LogP contribution in [0.2, 0.25) is 5.02 Å². The van der Waals surface area contributed by atoms with E-state index in [4.69, 9.17) is 16.3 Å². The van der Waals surface area contributed by atoms with Gasteiger partial charge in [0, 0.05) is 30.7 Å². The van der Waals surface area contributed by atoms with Crippen molar-refractivity contribution in [3.05, 3.63) is 34.9 Å². The van der Waals surface area contributed by atoms with E-state index in [1.165, 1.54) is 5.56 Å². The molecule has 1 N–H and O–H groups in total. The number of nitrogens with zero attached hydrogens (tertiary/aromatic N) is 1. The highest BCUT2D eigenvalue weighted by Crippen LogP contribution is 2.15. The molecule has 0 spiro atoms. The molecule has 1 aliphatic heterocycles. The minimum absolute atomic E-state index is 0.231. The van der Waals surface area contributed by atoms with Crippen molar-refractivity contribution in [1.82, 2.24) is 10.2 Å². The SMILES string of the molecule is CC(C)(C)OC(=O)N1CCN[C@H](Cc2ccc(Cl)cc2)C1. The maximum atomic E-state index is 12.1. The second-order valence-corrected chi connectivity index (χ2v) is 6.84. The summed E-state index contributed by atoms with van der Waals surface area (Å²) in [6.45, 7) is 7.80. The highest BCUT2D eigenvalue weighted by molar-refractivity contribution is 6.30. The molecule has 0 bridgehead atoms. The average molecular weight is 311 g/mol. The van der Waals surface area contributed by atoms with E-state index in [0.717, 1.165) is 18.0 Å². The molecule has 1 heterocycles. The predicted octanol–water partition coefficient (Wildman–Crippen LogP) is 3.09. The molecular formula is C16H23ClN2O2. The van der Waals surface area contributed by atoms with Gasteiger partial charge in [-0.3, -0.25) is 0 Å². The van der Waals surface area contributed by atoms with Crippen LogP contribution >= 0.6 is 11.6 Å². The highest BCUT2D eigenvalue weighted by atomic mass is 35.5. The Bertz CT molecular complexity index is 482. The number of hydrogen-bond acceptors (Lipinski definition) is 3. The largest absolute Gasteiger partial charge is 0.444 e. The van der Waals surface area contributed by atoms with Gasteiger partial charge in [0.15, 0.2) is 0 Å². The third-order valence-electron chi connectivity index (χ3n) is 3.30. The van der Waals surface area contributed by atoms with Crippen LogP contribution in [0.3, 0.4) is 0 Å². The first-order valence-corrected chi connectivity index (χ1v) is 7.67. The Balaban J connectivity index is 1.91. The maximum absolute atomic E-state index is 12.1. The first-order chi connectivity index (χ1) is 9.83. The zero-order valence-corrected chi connectivity index (χ0v) is 13.6. The standard InChI is InChI=1S/C16H23ClN2O2/c1-16(2,3)21-15(20)19-9-8-18-14(11-19)10-12-4-6-13(17)7-5-12/h4-7,14,18H,8-11H2,1-3H3/t14-/m1/s1. The molecule has 1 saturated heterocycles. The molecular weight excluding hydrogens is 288 g/mol. The molecule has 0 aliphatic carbocycles. The van der Waals surface area contributed by atoms with Gasteiger partial charge in [0.25, 0.3) is 0 Å². The monoisotopic (exact) mass is 310 g/mol. The number of ether oxygens (including phenoxy) is 1. The quantitative estimate of drug-likeness (QED) is 0.912. The lowest BCUT2D eigenvalue weighted by molar-refractivity contribution is 0.0195. The molecule has 4 nitrogen and oxygen atoms in total. The van der Waals surface area contributed by atoms with E-state index in [0.29, 0.717) is 13.1 Å². The summed E-state index contributed by atoms with van der Waals surface area (Å²) >= 11 is 5.90. The summed E-state index contributed by atoms with van der Waals surface area (Å²) in [7, 11) is 0. The van der Waals surface area contributed by atoms with Gasteiger partial charge in [0.1, 0.15) is 5.60 Å². The summed E-state index contributed by atoms with van der Waals surface area (Å²) < 4.78 is 5.43. The maximum Gasteiger partial charge on any atom is 0.410 e. The average Bonchev–Trinajstić information content (AvgIpc) is 2.40. The van der Waals surface area contributed by atoms with Crippen molar-refractivity contribution in [1.29, 1.82) is 0 Å². The second-order valence-electron chi connectivity index (χ2n) is 6.41. The molecule has 1 aromatic carbocycles. The zero-order chi connectivity index (χ0) is 15.5. The Kier molecular flexibility index (Phi) is 5.12. The summed E-state index contributed by atoms with van der Waals surface area (Å²) in [6.07, 6.45) is 0.640.